The smallest absolute Gasteiger partial charge is 0.107 e. The molecule has 0 bridgehead atoms. The highest BCUT2D eigenvalue weighted by molar-refractivity contribution is 4.92. The van der Waals surface area contributed by atoms with E-state index in [1.165, 1.54) is 0 Å². The predicted octanol–water partition coefficient (Wildman–Crippen LogP) is 0.886. The summed E-state index contributed by atoms with van der Waals surface area (Å²) in [5.74, 6) is 0. The number of nitrogens with zero attached hydrogens (tertiary/aromatic N) is 1. The van der Waals surface area contributed by atoms with E-state index in [0.717, 1.165) is 39.3 Å². The zero-order valence-electron chi connectivity index (χ0n) is 8.58. The van der Waals surface area contributed by atoms with Crippen molar-refractivity contribution in [2.24, 2.45) is 0 Å². The Bertz CT molecular complexity index is 178. The Morgan fingerprint density at radius 1 is 1.54 bits per heavy atom. The topological polar surface area (TPSA) is 21.7 Å². The number of rotatable bonds is 1. The Kier molecular flexibility index (Phi) is 2.58. The molecule has 2 rings (SSSR count). The summed E-state index contributed by atoms with van der Waals surface area (Å²) in [5.41, 5.74) is 0.0215. The number of hydrogen-bond donors (Lipinski definition) is 0. The van der Waals surface area contributed by atoms with Crippen LogP contribution < -0.4 is 0 Å². The second-order valence-electron chi connectivity index (χ2n) is 4.24. The van der Waals surface area contributed by atoms with E-state index < -0.39 is 0 Å². The van der Waals surface area contributed by atoms with Crippen molar-refractivity contribution in [1.29, 1.82) is 0 Å². The van der Waals surface area contributed by atoms with E-state index in [4.69, 9.17) is 9.47 Å². The lowest BCUT2D eigenvalue weighted by atomic mass is 9.99. The lowest BCUT2D eigenvalue weighted by Gasteiger charge is -2.42. The van der Waals surface area contributed by atoms with Gasteiger partial charge in [0.2, 0.25) is 0 Å². The van der Waals surface area contributed by atoms with Crippen LogP contribution >= 0.6 is 0 Å². The number of likely N-dealkylation sites (N-methyl/N-ethyl adjacent to an activating group) is 1. The van der Waals surface area contributed by atoms with E-state index in [0.29, 0.717) is 6.10 Å². The van der Waals surface area contributed by atoms with Crippen LogP contribution in [-0.4, -0.2) is 49.5 Å². The normalized spacial score (nSPS) is 41.5. The molecule has 0 saturated carbocycles. The molecule has 2 fully saturated rings. The minimum atomic E-state index is 0.0215. The molecular weight excluding hydrogens is 166 g/mol. The third-order valence-corrected chi connectivity index (χ3v) is 2.99. The van der Waals surface area contributed by atoms with Gasteiger partial charge in [-0.25, -0.2) is 0 Å². The molecule has 2 aliphatic rings. The summed E-state index contributed by atoms with van der Waals surface area (Å²) in [6, 6.07) is 0. The van der Waals surface area contributed by atoms with E-state index >= 15 is 0 Å². The van der Waals surface area contributed by atoms with Crippen LogP contribution in [0.15, 0.2) is 0 Å². The molecule has 76 valence electrons. The van der Waals surface area contributed by atoms with Crippen LogP contribution in [0.5, 0.6) is 0 Å². The fourth-order valence-corrected chi connectivity index (χ4v) is 2.38. The Morgan fingerprint density at radius 2 is 2.38 bits per heavy atom. The maximum Gasteiger partial charge on any atom is 0.107 e. The lowest BCUT2D eigenvalue weighted by Crippen LogP contribution is -2.55. The van der Waals surface area contributed by atoms with Crippen molar-refractivity contribution in [3.8, 4) is 0 Å². The lowest BCUT2D eigenvalue weighted by molar-refractivity contribution is -0.146. The summed E-state index contributed by atoms with van der Waals surface area (Å²) in [4.78, 5) is 2.46. The van der Waals surface area contributed by atoms with Crippen LogP contribution in [0, 0.1) is 0 Å². The van der Waals surface area contributed by atoms with Crippen molar-refractivity contribution in [1.82, 2.24) is 4.90 Å². The van der Waals surface area contributed by atoms with Gasteiger partial charge in [-0.1, -0.05) is 6.92 Å². The first-order chi connectivity index (χ1) is 6.24. The van der Waals surface area contributed by atoms with Crippen molar-refractivity contribution in [3.63, 3.8) is 0 Å². The van der Waals surface area contributed by atoms with E-state index in [2.05, 4.69) is 18.7 Å². The first-order valence-electron chi connectivity index (χ1n) is 5.22. The van der Waals surface area contributed by atoms with Crippen LogP contribution in [-0.2, 0) is 9.47 Å². The van der Waals surface area contributed by atoms with Gasteiger partial charge in [0.1, 0.15) is 5.60 Å². The van der Waals surface area contributed by atoms with Crippen LogP contribution in [0.1, 0.15) is 20.3 Å². The van der Waals surface area contributed by atoms with Crippen molar-refractivity contribution >= 4 is 0 Å². The largest absolute Gasteiger partial charge is 0.378 e. The number of morpholine rings is 1. The zero-order chi connectivity index (χ0) is 9.31. The molecule has 0 aromatic rings. The second-order valence-corrected chi connectivity index (χ2v) is 4.24. The first-order valence-corrected chi connectivity index (χ1v) is 5.22. The Balaban J connectivity index is 2.03. The van der Waals surface area contributed by atoms with Gasteiger partial charge in [-0.05, 0) is 13.5 Å². The summed E-state index contributed by atoms with van der Waals surface area (Å²) in [5, 5.41) is 0. The maximum atomic E-state index is 6.00. The molecule has 0 aromatic heterocycles. The maximum absolute atomic E-state index is 6.00. The van der Waals surface area contributed by atoms with Crippen LogP contribution in [0.2, 0.25) is 0 Å². The van der Waals surface area contributed by atoms with E-state index in [9.17, 15) is 0 Å². The molecule has 3 nitrogen and oxygen atoms in total. The monoisotopic (exact) mass is 185 g/mol. The van der Waals surface area contributed by atoms with Crippen LogP contribution in [0.4, 0.5) is 0 Å². The van der Waals surface area contributed by atoms with Crippen molar-refractivity contribution in [2.75, 3.05) is 32.8 Å². The van der Waals surface area contributed by atoms with Crippen LogP contribution in [0.25, 0.3) is 0 Å². The third kappa shape index (κ3) is 1.87. The van der Waals surface area contributed by atoms with Gasteiger partial charge in [-0.2, -0.15) is 0 Å². The van der Waals surface area contributed by atoms with Crippen LogP contribution in [0.3, 0.4) is 0 Å². The molecule has 0 aliphatic carbocycles. The third-order valence-electron chi connectivity index (χ3n) is 2.99. The molecule has 2 heterocycles. The van der Waals surface area contributed by atoms with E-state index in [-0.39, 0.29) is 5.60 Å². The quantitative estimate of drug-likeness (QED) is 0.605. The molecule has 0 N–H and O–H groups in total. The summed E-state index contributed by atoms with van der Waals surface area (Å²) in [6.45, 7) is 9.25. The Labute approximate surface area is 80.0 Å². The molecule has 0 aromatic carbocycles. The number of hydrogen-bond acceptors (Lipinski definition) is 3. The van der Waals surface area contributed by atoms with Crippen molar-refractivity contribution < 1.29 is 9.47 Å². The molecule has 2 aliphatic heterocycles. The average molecular weight is 185 g/mol. The molecule has 0 amide bonds. The SMILES string of the molecule is CCN1CC(C)OC2(CCOC2)C1. The van der Waals surface area contributed by atoms with Gasteiger partial charge in [-0.3, -0.25) is 4.90 Å². The van der Waals surface area contributed by atoms with Crippen molar-refractivity contribution in [2.45, 2.75) is 32.0 Å². The predicted molar refractivity (Wildman–Crippen MR) is 50.8 cm³/mol. The Morgan fingerprint density at radius 3 is 3.00 bits per heavy atom. The molecule has 0 radical (unpaired) electrons. The standard InChI is InChI=1S/C10H19NO2/c1-3-11-6-9(2)13-10(7-11)4-5-12-8-10/h9H,3-8H2,1-2H3. The van der Waals surface area contributed by atoms with Gasteiger partial charge in [-0.15, -0.1) is 0 Å². The molecule has 2 unspecified atom stereocenters. The fraction of sp³-hybridized carbons (Fsp3) is 1.00. The second kappa shape index (κ2) is 3.56. The minimum Gasteiger partial charge on any atom is -0.378 e. The highest BCUT2D eigenvalue weighted by Crippen LogP contribution is 2.29. The number of ether oxygens (including phenoxy) is 2. The molecule has 2 atom stereocenters. The fourth-order valence-electron chi connectivity index (χ4n) is 2.38. The minimum absolute atomic E-state index is 0.0215. The summed E-state index contributed by atoms with van der Waals surface area (Å²) >= 11 is 0. The van der Waals surface area contributed by atoms with Gasteiger partial charge >= 0.3 is 0 Å². The summed E-state index contributed by atoms with van der Waals surface area (Å²) in [6.07, 6.45) is 1.42. The van der Waals surface area contributed by atoms with Gasteiger partial charge in [0, 0.05) is 26.1 Å². The summed E-state index contributed by atoms with van der Waals surface area (Å²) < 4.78 is 11.4. The average Bonchev–Trinajstić information content (AvgIpc) is 2.51. The zero-order valence-corrected chi connectivity index (χ0v) is 8.58. The van der Waals surface area contributed by atoms with Gasteiger partial charge in [0.25, 0.3) is 0 Å². The molecule has 13 heavy (non-hydrogen) atoms. The molecule has 1 spiro atoms. The van der Waals surface area contributed by atoms with Gasteiger partial charge in [0.15, 0.2) is 0 Å². The first kappa shape index (κ1) is 9.44. The van der Waals surface area contributed by atoms with E-state index in [1.807, 2.05) is 0 Å². The van der Waals surface area contributed by atoms with Crippen molar-refractivity contribution in [3.05, 3.63) is 0 Å². The highest BCUT2D eigenvalue weighted by Gasteiger charge is 2.42. The molecule has 3 heteroatoms. The molecular formula is C10H19NO2. The highest BCUT2D eigenvalue weighted by atomic mass is 16.6. The summed E-state index contributed by atoms with van der Waals surface area (Å²) in [7, 11) is 0. The molecule has 2 saturated heterocycles. The van der Waals surface area contributed by atoms with Gasteiger partial charge in [0.05, 0.1) is 12.7 Å². The van der Waals surface area contributed by atoms with Gasteiger partial charge < -0.3 is 9.47 Å². The Hall–Kier alpha value is -0.120. The van der Waals surface area contributed by atoms with E-state index in [1.54, 1.807) is 0 Å².